The molecule has 0 saturated heterocycles. The molecule has 0 atom stereocenters. The van der Waals surface area contributed by atoms with Crippen LogP contribution in [-0.2, 0) is 22.7 Å². The number of hydrogen-bond acceptors (Lipinski definition) is 6. The van der Waals surface area contributed by atoms with Crippen LogP contribution in [0.2, 0.25) is 0 Å². The van der Waals surface area contributed by atoms with Crippen molar-refractivity contribution in [2.24, 2.45) is 0 Å². The summed E-state index contributed by atoms with van der Waals surface area (Å²) in [6.07, 6.45) is 3.77. The average molecular weight is 486 g/mol. The maximum absolute atomic E-state index is 13.5. The minimum Gasteiger partial charge on any atom is -0.449 e. The molecule has 1 aliphatic carbocycles. The van der Waals surface area contributed by atoms with E-state index in [9.17, 15) is 19.2 Å². The number of carbonyl (C=O) groups is 2. The van der Waals surface area contributed by atoms with Gasteiger partial charge >= 0.3 is 5.69 Å². The zero-order valence-electron chi connectivity index (χ0n) is 19.3. The van der Waals surface area contributed by atoms with E-state index in [4.69, 9.17) is 9.68 Å². The third kappa shape index (κ3) is 4.38. The number of carbonyl (C=O) groups excluding carboxylic acids is 2. The van der Waals surface area contributed by atoms with Crippen LogP contribution >= 0.6 is 0 Å². The molecule has 10 nitrogen and oxygen atoms in total. The van der Waals surface area contributed by atoms with Crippen LogP contribution in [0.3, 0.4) is 0 Å². The summed E-state index contributed by atoms with van der Waals surface area (Å²) in [6.45, 7) is -0.910. The van der Waals surface area contributed by atoms with Crippen molar-refractivity contribution in [2.75, 3.05) is 5.32 Å². The molecule has 0 unspecified atom stereocenters. The fourth-order valence-corrected chi connectivity index (χ4v) is 4.68. The quantitative estimate of drug-likeness (QED) is 0.430. The molecule has 36 heavy (non-hydrogen) atoms. The third-order valence-corrected chi connectivity index (χ3v) is 6.34. The Balaban J connectivity index is 1.55. The number of furan rings is 1. The van der Waals surface area contributed by atoms with Gasteiger partial charge in [-0.05, 0) is 43.2 Å². The Kier molecular flexibility index (Phi) is 6.12. The first kappa shape index (κ1) is 23.1. The van der Waals surface area contributed by atoms with E-state index in [-0.39, 0.29) is 17.1 Å². The fourth-order valence-electron chi connectivity index (χ4n) is 4.68. The number of fused-ring (bicyclic) bond motifs is 3. The van der Waals surface area contributed by atoms with Crippen LogP contribution in [0.1, 0.15) is 31.2 Å². The minimum absolute atomic E-state index is 0.0281. The maximum Gasteiger partial charge on any atom is 0.332 e. The SMILES string of the molecule is N#Cc1cccc(NC(=O)Cn2c(=O)n(CC(=O)NC3CCCC3)c(=O)c3oc4ccccc4c32)c1. The molecule has 4 aromatic rings. The number of nitriles is 1. The topological polar surface area (TPSA) is 139 Å². The lowest BCUT2D eigenvalue weighted by Gasteiger charge is -2.14. The predicted octanol–water partition coefficient (Wildman–Crippen LogP) is 2.48. The highest BCUT2D eigenvalue weighted by molar-refractivity contribution is 6.03. The van der Waals surface area contributed by atoms with Crippen LogP contribution in [0.15, 0.2) is 62.5 Å². The van der Waals surface area contributed by atoms with Gasteiger partial charge in [-0.3, -0.25) is 19.0 Å². The smallest absolute Gasteiger partial charge is 0.332 e. The summed E-state index contributed by atoms with van der Waals surface area (Å²) in [6, 6.07) is 15.2. The highest BCUT2D eigenvalue weighted by Gasteiger charge is 2.24. The van der Waals surface area contributed by atoms with Crippen molar-refractivity contribution in [3.05, 3.63) is 74.9 Å². The van der Waals surface area contributed by atoms with Gasteiger partial charge in [0.1, 0.15) is 24.2 Å². The lowest BCUT2D eigenvalue weighted by Crippen LogP contribution is -2.46. The number of anilines is 1. The van der Waals surface area contributed by atoms with E-state index in [1.807, 2.05) is 6.07 Å². The molecule has 5 rings (SSSR count). The van der Waals surface area contributed by atoms with Crippen LogP contribution in [-0.4, -0.2) is 27.0 Å². The van der Waals surface area contributed by atoms with Gasteiger partial charge in [-0.2, -0.15) is 5.26 Å². The molecule has 1 aliphatic rings. The zero-order chi connectivity index (χ0) is 25.2. The van der Waals surface area contributed by atoms with Crippen molar-refractivity contribution in [1.82, 2.24) is 14.5 Å². The van der Waals surface area contributed by atoms with Crippen LogP contribution < -0.4 is 21.9 Å². The molecular formula is C26H23N5O5. The molecule has 2 amide bonds. The lowest BCUT2D eigenvalue weighted by molar-refractivity contribution is -0.122. The van der Waals surface area contributed by atoms with Gasteiger partial charge in [0.15, 0.2) is 0 Å². The third-order valence-electron chi connectivity index (χ3n) is 6.34. The molecular weight excluding hydrogens is 462 g/mol. The normalized spacial score (nSPS) is 13.6. The molecule has 2 N–H and O–H groups in total. The summed E-state index contributed by atoms with van der Waals surface area (Å²) >= 11 is 0. The molecule has 0 aliphatic heterocycles. The first-order valence-electron chi connectivity index (χ1n) is 11.7. The van der Waals surface area contributed by atoms with Crippen LogP contribution in [0.4, 0.5) is 5.69 Å². The number of para-hydroxylation sites is 1. The Morgan fingerprint density at radius 2 is 1.75 bits per heavy atom. The molecule has 10 heteroatoms. The van der Waals surface area contributed by atoms with Crippen molar-refractivity contribution in [3.8, 4) is 6.07 Å². The largest absolute Gasteiger partial charge is 0.449 e. The lowest BCUT2D eigenvalue weighted by atomic mass is 10.2. The summed E-state index contributed by atoms with van der Waals surface area (Å²) < 4.78 is 7.72. The zero-order valence-corrected chi connectivity index (χ0v) is 19.3. The van der Waals surface area contributed by atoms with E-state index >= 15 is 0 Å². The summed E-state index contributed by atoms with van der Waals surface area (Å²) in [5.41, 5.74) is -0.293. The number of amides is 2. The Hall–Kier alpha value is -4.65. The molecule has 182 valence electrons. The molecule has 1 saturated carbocycles. The Bertz CT molecular complexity index is 1650. The van der Waals surface area contributed by atoms with Crippen molar-refractivity contribution >= 4 is 39.6 Å². The Morgan fingerprint density at radius 1 is 1.00 bits per heavy atom. The molecule has 1 fully saturated rings. The van der Waals surface area contributed by atoms with Gasteiger partial charge in [0.05, 0.1) is 11.6 Å². The molecule has 0 bridgehead atoms. The summed E-state index contributed by atoms with van der Waals surface area (Å²) in [7, 11) is 0. The van der Waals surface area contributed by atoms with Crippen LogP contribution in [0.5, 0.6) is 0 Å². The summed E-state index contributed by atoms with van der Waals surface area (Å²) in [5.74, 6) is -0.986. The average Bonchev–Trinajstić information content (AvgIpc) is 3.52. The number of benzene rings is 2. The van der Waals surface area contributed by atoms with Crippen LogP contribution in [0.25, 0.3) is 22.1 Å². The first-order chi connectivity index (χ1) is 17.4. The van der Waals surface area contributed by atoms with E-state index in [0.29, 0.717) is 22.2 Å². The summed E-state index contributed by atoms with van der Waals surface area (Å²) in [4.78, 5) is 52.3. The number of nitrogens with one attached hydrogen (secondary N) is 2. The standard InChI is InChI=1S/C26H23N5O5/c27-13-16-6-5-9-18(12-16)29-21(32)14-30-23-19-10-3-4-11-20(19)36-24(23)25(34)31(26(30)35)15-22(33)28-17-7-1-2-8-17/h3-6,9-12,17H,1-2,7-8,14-15H2,(H,28,33)(H,29,32). The first-order valence-corrected chi connectivity index (χ1v) is 11.7. The van der Waals surface area contributed by atoms with Gasteiger partial charge < -0.3 is 15.1 Å². The molecule has 2 heterocycles. The van der Waals surface area contributed by atoms with E-state index in [2.05, 4.69) is 10.6 Å². The van der Waals surface area contributed by atoms with Crippen molar-refractivity contribution in [1.29, 1.82) is 5.26 Å². The maximum atomic E-state index is 13.5. The molecule has 2 aromatic heterocycles. The highest BCUT2D eigenvalue weighted by atomic mass is 16.3. The second kappa shape index (κ2) is 9.54. The van der Waals surface area contributed by atoms with E-state index in [1.165, 1.54) is 6.07 Å². The number of aromatic nitrogens is 2. The van der Waals surface area contributed by atoms with E-state index in [1.54, 1.807) is 42.5 Å². The Morgan fingerprint density at radius 3 is 2.53 bits per heavy atom. The van der Waals surface area contributed by atoms with E-state index in [0.717, 1.165) is 34.8 Å². The second-order valence-electron chi connectivity index (χ2n) is 8.83. The van der Waals surface area contributed by atoms with E-state index < -0.39 is 36.2 Å². The van der Waals surface area contributed by atoms with Gasteiger partial charge in [0.2, 0.25) is 17.4 Å². The highest BCUT2D eigenvalue weighted by Crippen LogP contribution is 2.25. The van der Waals surface area contributed by atoms with Crippen molar-refractivity contribution in [3.63, 3.8) is 0 Å². The monoisotopic (exact) mass is 485 g/mol. The number of nitrogens with zero attached hydrogens (tertiary/aromatic N) is 3. The number of rotatable bonds is 6. The van der Waals surface area contributed by atoms with Gasteiger partial charge in [0, 0.05) is 17.1 Å². The predicted molar refractivity (Wildman–Crippen MR) is 132 cm³/mol. The van der Waals surface area contributed by atoms with Gasteiger partial charge in [-0.1, -0.05) is 31.0 Å². The molecule has 2 aromatic carbocycles. The summed E-state index contributed by atoms with van der Waals surface area (Å²) in [5, 5.41) is 15.2. The molecule has 0 radical (unpaired) electrons. The second-order valence-corrected chi connectivity index (χ2v) is 8.83. The number of hydrogen-bond donors (Lipinski definition) is 2. The van der Waals surface area contributed by atoms with Crippen molar-refractivity contribution in [2.45, 2.75) is 44.8 Å². The van der Waals surface area contributed by atoms with Gasteiger partial charge in [0.25, 0.3) is 5.56 Å². The minimum atomic E-state index is -0.790. The fraction of sp³-hybridized carbons (Fsp3) is 0.269. The molecule has 0 spiro atoms. The Labute approximate surface area is 204 Å². The van der Waals surface area contributed by atoms with Crippen LogP contribution in [0, 0.1) is 11.3 Å². The van der Waals surface area contributed by atoms with Gasteiger partial charge in [-0.15, -0.1) is 0 Å². The van der Waals surface area contributed by atoms with Crippen molar-refractivity contribution < 1.29 is 14.0 Å². The van der Waals surface area contributed by atoms with Gasteiger partial charge in [-0.25, -0.2) is 9.36 Å².